The van der Waals surface area contributed by atoms with Gasteiger partial charge < -0.3 is 4.90 Å². The van der Waals surface area contributed by atoms with Crippen LogP contribution in [0.25, 0.3) is 0 Å². The van der Waals surface area contributed by atoms with Crippen LogP contribution in [0.5, 0.6) is 0 Å². The van der Waals surface area contributed by atoms with Crippen molar-refractivity contribution in [2.75, 3.05) is 6.54 Å². The number of nitrogens with zero attached hydrogens (tertiary/aromatic N) is 1. The highest BCUT2D eigenvalue weighted by atomic mass is 16.2. The first-order chi connectivity index (χ1) is 5.46. The van der Waals surface area contributed by atoms with E-state index < -0.39 is 0 Å². The van der Waals surface area contributed by atoms with Gasteiger partial charge in [-0.15, -0.1) is 0 Å². The zero-order chi connectivity index (χ0) is 9.35. The fourth-order valence-corrected chi connectivity index (χ4v) is 1.78. The molecule has 2 nitrogen and oxygen atoms in total. The van der Waals surface area contributed by atoms with Crippen molar-refractivity contribution in [2.45, 2.75) is 46.1 Å². The molecule has 1 aliphatic rings. The van der Waals surface area contributed by atoms with Crippen molar-refractivity contribution in [2.24, 2.45) is 5.92 Å². The van der Waals surface area contributed by atoms with Crippen molar-refractivity contribution in [1.82, 2.24) is 4.90 Å². The molecule has 0 saturated carbocycles. The topological polar surface area (TPSA) is 20.3 Å². The first-order valence-electron chi connectivity index (χ1n) is 4.78. The summed E-state index contributed by atoms with van der Waals surface area (Å²) in [6.07, 6.45) is 2.04. The average Bonchev–Trinajstić information content (AvgIpc) is 2.29. The predicted octanol–water partition coefficient (Wildman–Crippen LogP) is 2.04. The molecule has 1 atom stereocenters. The molecule has 1 amide bonds. The number of carbonyl (C=O) groups is 1. The van der Waals surface area contributed by atoms with Crippen LogP contribution in [0.15, 0.2) is 0 Å². The second-order valence-electron chi connectivity index (χ2n) is 4.55. The van der Waals surface area contributed by atoms with Gasteiger partial charge in [-0.1, -0.05) is 6.92 Å². The molecule has 0 N–H and O–H groups in total. The van der Waals surface area contributed by atoms with Gasteiger partial charge in [0, 0.05) is 18.0 Å². The van der Waals surface area contributed by atoms with Crippen LogP contribution in [0.2, 0.25) is 0 Å². The van der Waals surface area contributed by atoms with Gasteiger partial charge in [-0.3, -0.25) is 4.79 Å². The van der Waals surface area contributed by atoms with Crippen LogP contribution in [0.1, 0.15) is 40.5 Å². The molecule has 1 rings (SSSR count). The van der Waals surface area contributed by atoms with Crippen LogP contribution >= 0.6 is 0 Å². The van der Waals surface area contributed by atoms with E-state index in [1.807, 2.05) is 4.90 Å². The number of likely N-dealkylation sites (tertiary alicyclic amines) is 1. The van der Waals surface area contributed by atoms with E-state index in [-0.39, 0.29) is 5.54 Å². The molecule has 0 aromatic carbocycles. The summed E-state index contributed by atoms with van der Waals surface area (Å²) in [6.45, 7) is 9.34. The summed E-state index contributed by atoms with van der Waals surface area (Å²) < 4.78 is 0. The zero-order valence-electron chi connectivity index (χ0n) is 8.55. The Balaban J connectivity index is 2.67. The van der Waals surface area contributed by atoms with Crippen LogP contribution in [0.4, 0.5) is 0 Å². The van der Waals surface area contributed by atoms with Gasteiger partial charge >= 0.3 is 0 Å². The number of hydrogen-bond donors (Lipinski definition) is 0. The Bertz CT molecular complexity index is 181. The number of amides is 1. The lowest BCUT2D eigenvalue weighted by molar-refractivity contribution is -0.134. The predicted molar refractivity (Wildman–Crippen MR) is 49.9 cm³/mol. The summed E-state index contributed by atoms with van der Waals surface area (Å²) in [5.41, 5.74) is 0.0149. The van der Waals surface area contributed by atoms with Crippen molar-refractivity contribution in [1.29, 1.82) is 0 Å². The van der Waals surface area contributed by atoms with Gasteiger partial charge in [-0.05, 0) is 33.6 Å². The Morgan fingerprint density at radius 2 is 2.08 bits per heavy atom. The van der Waals surface area contributed by atoms with Crippen molar-refractivity contribution in [3.63, 3.8) is 0 Å². The second-order valence-corrected chi connectivity index (χ2v) is 4.55. The number of rotatable bonds is 1. The molecular weight excluding hydrogens is 150 g/mol. The van der Waals surface area contributed by atoms with Crippen LogP contribution in [-0.4, -0.2) is 22.9 Å². The lowest BCUT2D eigenvalue weighted by Crippen LogP contribution is -2.43. The minimum absolute atomic E-state index is 0.0149. The van der Waals surface area contributed by atoms with Crippen LogP contribution in [0.3, 0.4) is 0 Å². The smallest absolute Gasteiger partial charge is 0.226 e. The summed E-state index contributed by atoms with van der Waals surface area (Å²) in [6, 6.07) is 0. The fraction of sp³-hybridized carbons (Fsp3) is 0.900. The maximum Gasteiger partial charge on any atom is 0.226 e. The molecule has 0 aromatic rings. The van der Waals surface area contributed by atoms with Crippen molar-refractivity contribution >= 4 is 5.91 Å². The van der Waals surface area contributed by atoms with Gasteiger partial charge in [0.05, 0.1) is 0 Å². The molecule has 0 aliphatic carbocycles. The Hall–Kier alpha value is -0.530. The standard InChI is InChI=1S/C10H19NO/c1-5-8-6-7-11(9(8)12)10(2,3)4/h8H,5-7H2,1-4H3. The third-order valence-electron chi connectivity index (χ3n) is 2.62. The van der Waals surface area contributed by atoms with Crippen molar-refractivity contribution in [3.8, 4) is 0 Å². The minimum Gasteiger partial charge on any atom is -0.338 e. The van der Waals surface area contributed by atoms with Gasteiger partial charge in [-0.2, -0.15) is 0 Å². The van der Waals surface area contributed by atoms with E-state index in [2.05, 4.69) is 27.7 Å². The molecule has 0 bridgehead atoms. The minimum atomic E-state index is 0.0149. The largest absolute Gasteiger partial charge is 0.338 e. The summed E-state index contributed by atoms with van der Waals surface area (Å²) >= 11 is 0. The molecule has 0 aromatic heterocycles. The first kappa shape index (κ1) is 9.56. The fourth-order valence-electron chi connectivity index (χ4n) is 1.78. The summed E-state index contributed by atoms with van der Waals surface area (Å²) in [5, 5.41) is 0. The highest BCUT2D eigenvalue weighted by Gasteiger charge is 2.36. The average molecular weight is 169 g/mol. The summed E-state index contributed by atoms with van der Waals surface area (Å²) in [4.78, 5) is 13.7. The molecule has 0 radical (unpaired) electrons. The molecule has 1 fully saturated rings. The molecule has 1 saturated heterocycles. The van der Waals surface area contributed by atoms with Gasteiger partial charge in [0.25, 0.3) is 0 Å². The molecule has 1 heterocycles. The number of hydrogen-bond acceptors (Lipinski definition) is 1. The van der Waals surface area contributed by atoms with E-state index in [1.54, 1.807) is 0 Å². The maximum absolute atomic E-state index is 11.7. The maximum atomic E-state index is 11.7. The van der Waals surface area contributed by atoms with Crippen LogP contribution in [-0.2, 0) is 4.79 Å². The van der Waals surface area contributed by atoms with Crippen LogP contribution < -0.4 is 0 Å². The van der Waals surface area contributed by atoms with Gasteiger partial charge in [0.2, 0.25) is 5.91 Å². The number of carbonyl (C=O) groups excluding carboxylic acids is 1. The van der Waals surface area contributed by atoms with Crippen LogP contribution in [0, 0.1) is 5.92 Å². The second kappa shape index (κ2) is 3.08. The van der Waals surface area contributed by atoms with E-state index in [0.29, 0.717) is 11.8 Å². The Labute approximate surface area is 74.9 Å². The summed E-state index contributed by atoms with van der Waals surface area (Å²) in [5.74, 6) is 0.647. The molecular formula is C10H19NO. The van der Waals surface area contributed by atoms with Gasteiger partial charge in [-0.25, -0.2) is 0 Å². The molecule has 12 heavy (non-hydrogen) atoms. The molecule has 2 heteroatoms. The summed E-state index contributed by atoms with van der Waals surface area (Å²) in [7, 11) is 0. The lowest BCUT2D eigenvalue weighted by atomic mass is 10.0. The third kappa shape index (κ3) is 1.62. The SMILES string of the molecule is CCC1CCN(C(C)(C)C)C1=O. The molecule has 1 unspecified atom stereocenters. The van der Waals surface area contributed by atoms with E-state index in [1.165, 1.54) is 0 Å². The first-order valence-corrected chi connectivity index (χ1v) is 4.78. The van der Waals surface area contributed by atoms with E-state index >= 15 is 0 Å². The van der Waals surface area contributed by atoms with Gasteiger partial charge in [0.1, 0.15) is 0 Å². The monoisotopic (exact) mass is 169 g/mol. The normalized spacial score (nSPS) is 25.2. The Kier molecular flexibility index (Phi) is 2.45. The Morgan fingerprint density at radius 3 is 2.33 bits per heavy atom. The highest BCUT2D eigenvalue weighted by molar-refractivity contribution is 5.81. The molecule has 1 aliphatic heterocycles. The molecule has 70 valence electrons. The zero-order valence-corrected chi connectivity index (χ0v) is 8.55. The van der Waals surface area contributed by atoms with Crippen molar-refractivity contribution < 1.29 is 4.79 Å². The highest BCUT2D eigenvalue weighted by Crippen LogP contribution is 2.27. The van der Waals surface area contributed by atoms with E-state index in [0.717, 1.165) is 19.4 Å². The van der Waals surface area contributed by atoms with E-state index in [4.69, 9.17) is 0 Å². The Morgan fingerprint density at radius 1 is 1.50 bits per heavy atom. The van der Waals surface area contributed by atoms with Gasteiger partial charge in [0.15, 0.2) is 0 Å². The quantitative estimate of drug-likeness (QED) is 0.588. The molecule has 0 spiro atoms. The lowest BCUT2D eigenvalue weighted by Gasteiger charge is -2.32. The van der Waals surface area contributed by atoms with Crippen molar-refractivity contribution in [3.05, 3.63) is 0 Å². The van der Waals surface area contributed by atoms with E-state index in [9.17, 15) is 4.79 Å². The third-order valence-corrected chi connectivity index (χ3v) is 2.62.